The second-order valence-corrected chi connectivity index (χ2v) is 12.5. The minimum Gasteiger partial charge on any atom is -0.352 e. The van der Waals surface area contributed by atoms with Crippen molar-refractivity contribution in [1.29, 1.82) is 0 Å². The summed E-state index contributed by atoms with van der Waals surface area (Å²) in [4.78, 5) is 28.9. The molecule has 3 aromatic carbocycles. The molecule has 2 amide bonds. The van der Waals surface area contributed by atoms with E-state index in [1.54, 1.807) is 18.2 Å². The van der Waals surface area contributed by atoms with Gasteiger partial charge in [-0.2, -0.15) is 4.31 Å². The molecule has 0 heterocycles. The lowest BCUT2D eigenvalue weighted by molar-refractivity contribution is -0.141. The molecule has 0 spiro atoms. The van der Waals surface area contributed by atoms with Gasteiger partial charge in [0.1, 0.15) is 11.9 Å². The highest BCUT2D eigenvalue weighted by atomic mass is 35.5. The Morgan fingerprint density at radius 1 is 0.975 bits per heavy atom. The first kappa shape index (κ1) is 29.7. The number of carbonyl (C=O) groups is 2. The van der Waals surface area contributed by atoms with Crippen molar-refractivity contribution in [3.63, 3.8) is 0 Å². The van der Waals surface area contributed by atoms with Gasteiger partial charge >= 0.3 is 0 Å². The molecule has 10 heteroatoms. The van der Waals surface area contributed by atoms with Crippen LogP contribution < -0.4 is 5.32 Å². The summed E-state index contributed by atoms with van der Waals surface area (Å²) in [7, 11) is -2.74. The standard InChI is InChI=1S/C30H33ClFN3O4S/c1-34(40(38,39)26-17-15-24(31)16-18-26)21-29(36)35(20-23-11-5-8-14-27(23)32)28(19-22-9-3-2-4-10-22)30(37)33-25-12-6-7-13-25/h2-5,8-11,14-18,25,28H,6-7,12-13,19-21H2,1H3,(H,33,37)/t28-/m0/s1. The molecule has 0 bridgehead atoms. The molecule has 1 aliphatic rings. The topological polar surface area (TPSA) is 86.8 Å². The third-order valence-electron chi connectivity index (χ3n) is 7.15. The fourth-order valence-corrected chi connectivity index (χ4v) is 6.13. The third-order valence-corrected chi connectivity index (χ3v) is 9.22. The molecule has 7 nitrogen and oxygen atoms in total. The number of benzene rings is 3. The quantitative estimate of drug-likeness (QED) is 0.350. The highest BCUT2D eigenvalue weighted by molar-refractivity contribution is 7.89. The number of sulfonamides is 1. The predicted octanol–water partition coefficient (Wildman–Crippen LogP) is 4.80. The van der Waals surface area contributed by atoms with Gasteiger partial charge in [-0.05, 0) is 48.7 Å². The van der Waals surface area contributed by atoms with Gasteiger partial charge in [0.05, 0.1) is 11.4 Å². The molecule has 0 aromatic heterocycles. The van der Waals surface area contributed by atoms with E-state index in [1.165, 1.54) is 42.3 Å². The van der Waals surface area contributed by atoms with Crippen molar-refractivity contribution in [3.8, 4) is 0 Å². The molecule has 4 rings (SSSR count). The third kappa shape index (κ3) is 7.47. The van der Waals surface area contributed by atoms with Gasteiger partial charge in [0.25, 0.3) is 0 Å². The maximum absolute atomic E-state index is 14.8. The summed E-state index contributed by atoms with van der Waals surface area (Å²) in [5.74, 6) is -1.48. The summed E-state index contributed by atoms with van der Waals surface area (Å²) in [6.45, 7) is -0.739. The van der Waals surface area contributed by atoms with Gasteiger partial charge in [0.2, 0.25) is 21.8 Å². The van der Waals surface area contributed by atoms with Crippen molar-refractivity contribution >= 4 is 33.4 Å². The van der Waals surface area contributed by atoms with Crippen LogP contribution in [0.25, 0.3) is 0 Å². The Kier molecular flexibility index (Phi) is 9.95. The van der Waals surface area contributed by atoms with Gasteiger partial charge in [0, 0.05) is 36.6 Å². The lowest BCUT2D eigenvalue weighted by Gasteiger charge is -2.33. The van der Waals surface area contributed by atoms with E-state index in [0.29, 0.717) is 5.02 Å². The highest BCUT2D eigenvalue weighted by Gasteiger charge is 2.34. The SMILES string of the molecule is CN(CC(=O)N(Cc1ccccc1F)[C@@H](Cc1ccccc1)C(=O)NC1CCCC1)S(=O)(=O)c1ccc(Cl)cc1. The van der Waals surface area contributed by atoms with Gasteiger partial charge in [-0.25, -0.2) is 12.8 Å². The van der Waals surface area contributed by atoms with Crippen LogP contribution in [0.4, 0.5) is 4.39 Å². The van der Waals surface area contributed by atoms with E-state index < -0.39 is 34.3 Å². The number of nitrogens with one attached hydrogen (secondary N) is 1. The lowest BCUT2D eigenvalue weighted by Crippen LogP contribution is -2.54. The number of carbonyl (C=O) groups excluding carboxylic acids is 2. The van der Waals surface area contributed by atoms with Crippen molar-refractivity contribution in [2.24, 2.45) is 0 Å². The first-order valence-corrected chi connectivity index (χ1v) is 15.1. The molecule has 1 saturated carbocycles. The fraction of sp³-hybridized carbons (Fsp3) is 0.333. The second-order valence-electron chi connectivity index (χ2n) is 10.0. The van der Waals surface area contributed by atoms with Gasteiger partial charge in [-0.15, -0.1) is 0 Å². The van der Waals surface area contributed by atoms with Crippen LogP contribution in [0.1, 0.15) is 36.8 Å². The van der Waals surface area contributed by atoms with E-state index >= 15 is 0 Å². The van der Waals surface area contributed by atoms with Crippen LogP contribution in [0.5, 0.6) is 0 Å². The number of hydrogen-bond donors (Lipinski definition) is 1. The van der Waals surface area contributed by atoms with Crippen molar-refractivity contribution in [1.82, 2.24) is 14.5 Å². The summed E-state index contributed by atoms with van der Waals surface area (Å²) in [6.07, 6.45) is 3.92. The first-order chi connectivity index (χ1) is 19.1. The number of halogens is 2. The first-order valence-electron chi connectivity index (χ1n) is 13.2. The summed E-state index contributed by atoms with van der Waals surface area (Å²) >= 11 is 5.91. The monoisotopic (exact) mass is 585 g/mol. The number of nitrogens with zero attached hydrogens (tertiary/aromatic N) is 2. The van der Waals surface area contributed by atoms with Crippen molar-refractivity contribution < 1.29 is 22.4 Å². The molecule has 0 saturated heterocycles. The van der Waals surface area contributed by atoms with E-state index in [4.69, 9.17) is 11.6 Å². The van der Waals surface area contributed by atoms with E-state index in [0.717, 1.165) is 35.6 Å². The van der Waals surface area contributed by atoms with Gasteiger partial charge in [-0.1, -0.05) is 73.0 Å². The molecule has 0 unspecified atom stereocenters. The molecular formula is C30H33ClFN3O4S. The lowest BCUT2D eigenvalue weighted by atomic mass is 10.0. The van der Waals surface area contributed by atoms with Crippen LogP contribution in [0.2, 0.25) is 5.02 Å². The van der Waals surface area contributed by atoms with Gasteiger partial charge < -0.3 is 10.2 Å². The van der Waals surface area contributed by atoms with Gasteiger partial charge in [-0.3, -0.25) is 9.59 Å². The number of likely N-dealkylation sites (N-methyl/N-ethyl adjacent to an activating group) is 1. The number of amides is 2. The van der Waals surface area contributed by atoms with Gasteiger partial charge in [0.15, 0.2) is 0 Å². The second kappa shape index (κ2) is 13.4. The molecule has 1 aliphatic carbocycles. The van der Waals surface area contributed by atoms with Crippen LogP contribution in [0.15, 0.2) is 83.8 Å². The molecule has 40 heavy (non-hydrogen) atoms. The smallest absolute Gasteiger partial charge is 0.243 e. The molecular weight excluding hydrogens is 553 g/mol. The largest absolute Gasteiger partial charge is 0.352 e. The molecule has 212 valence electrons. The summed E-state index contributed by atoms with van der Waals surface area (Å²) < 4.78 is 42.1. The predicted molar refractivity (Wildman–Crippen MR) is 153 cm³/mol. The Hall–Kier alpha value is -3.27. The zero-order valence-electron chi connectivity index (χ0n) is 22.3. The van der Waals surface area contributed by atoms with E-state index in [-0.39, 0.29) is 35.4 Å². The Morgan fingerprint density at radius 2 is 1.60 bits per heavy atom. The number of rotatable bonds is 11. The zero-order valence-corrected chi connectivity index (χ0v) is 23.9. The minimum absolute atomic E-state index is 0.00384. The Labute approximate surface area is 240 Å². The van der Waals surface area contributed by atoms with E-state index in [9.17, 15) is 22.4 Å². The minimum atomic E-state index is -4.04. The molecule has 1 atom stereocenters. The van der Waals surface area contributed by atoms with Crippen molar-refractivity contribution in [2.45, 2.75) is 55.6 Å². The van der Waals surface area contributed by atoms with Crippen LogP contribution in [-0.4, -0.2) is 55.1 Å². The average Bonchev–Trinajstić information content (AvgIpc) is 3.45. The van der Waals surface area contributed by atoms with E-state index in [2.05, 4.69) is 5.32 Å². The van der Waals surface area contributed by atoms with Crippen LogP contribution in [-0.2, 0) is 32.6 Å². The summed E-state index contributed by atoms with van der Waals surface area (Å²) in [5.41, 5.74) is 1.05. The average molecular weight is 586 g/mol. The van der Waals surface area contributed by atoms with E-state index in [1.807, 2.05) is 30.3 Å². The highest BCUT2D eigenvalue weighted by Crippen LogP contribution is 2.22. The Bertz CT molecular complexity index is 1410. The molecule has 0 radical (unpaired) electrons. The van der Waals surface area contributed by atoms with Crippen molar-refractivity contribution in [2.75, 3.05) is 13.6 Å². The molecule has 1 fully saturated rings. The van der Waals surface area contributed by atoms with Crippen LogP contribution >= 0.6 is 11.6 Å². The van der Waals surface area contributed by atoms with Crippen LogP contribution in [0, 0.1) is 5.82 Å². The Morgan fingerprint density at radius 3 is 2.25 bits per heavy atom. The molecule has 3 aromatic rings. The number of hydrogen-bond acceptors (Lipinski definition) is 4. The van der Waals surface area contributed by atoms with Crippen molar-refractivity contribution in [3.05, 3.63) is 101 Å². The molecule has 1 N–H and O–H groups in total. The molecule has 0 aliphatic heterocycles. The summed E-state index contributed by atoms with van der Waals surface area (Å²) in [6, 6.07) is 20.0. The maximum Gasteiger partial charge on any atom is 0.243 e. The normalized spacial score (nSPS) is 14.7. The maximum atomic E-state index is 14.8. The fourth-order valence-electron chi connectivity index (χ4n) is 4.88. The zero-order chi connectivity index (χ0) is 28.7. The van der Waals surface area contributed by atoms with Crippen LogP contribution in [0.3, 0.4) is 0 Å². The Balaban J connectivity index is 1.66. The summed E-state index contributed by atoms with van der Waals surface area (Å²) in [5, 5.41) is 3.46.